The van der Waals surface area contributed by atoms with Gasteiger partial charge in [-0.15, -0.1) is 0 Å². The molecule has 0 radical (unpaired) electrons. The third kappa shape index (κ3) is 1.71. The largest absolute Gasteiger partial charge is 0.392 e. The number of benzene rings is 1. The van der Waals surface area contributed by atoms with Crippen molar-refractivity contribution < 1.29 is 9.84 Å². The van der Waals surface area contributed by atoms with Crippen LogP contribution in [-0.2, 0) is 11.3 Å². The predicted molar refractivity (Wildman–Crippen MR) is 73.1 cm³/mol. The van der Waals surface area contributed by atoms with Crippen LogP contribution in [0.1, 0.15) is 5.56 Å². The summed E-state index contributed by atoms with van der Waals surface area (Å²) in [6.07, 6.45) is 0. The molecule has 2 fully saturated rings. The molecule has 0 amide bonds. The van der Waals surface area contributed by atoms with Gasteiger partial charge in [-0.1, -0.05) is 6.07 Å². The SMILES string of the molecule is OCc1ccc2nc(N3CC4(COC4)C3)ccc2c1. The highest BCUT2D eigenvalue weighted by Crippen LogP contribution is 2.39. The average molecular weight is 256 g/mol. The molecule has 19 heavy (non-hydrogen) atoms. The first kappa shape index (κ1) is 11.2. The van der Waals surface area contributed by atoms with Gasteiger partial charge in [0, 0.05) is 18.5 Å². The van der Waals surface area contributed by atoms with E-state index in [4.69, 9.17) is 14.8 Å². The van der Waals surface area contributed by atoms with Crippen LogP contribution in [0.3, 0.4) is 0 Å². The summed E-state index contributed by atoms with van der Waals surface area (Å²) in [5.41, 5.74) is 2.33. The number of aromatic nitrogens is 1. The Bertz CT molecular complexity index is 629. The molecule has 1 spiro atoms. The molecule has 2 aliphatic heterocycles. The molecule has 4 nitrogen and oxygen atoms in total. The first-order valence-corrected chi connectivity index (χ1v) is 6.61. The van der Waals surface area contributed by atoms with Gasteiger partial charge in [-0.3, -0.25) is 0 Å². The lowest BCUT2D eigenvalue weighted by Crippen LogP contribution is -2.66. The normalized spacial score (nSPS) is 20.4. The van der Waals surface area contributed by atoms with Gasteiger partial charge in [0.2, 0.25) is 0 Å². The number of pyridine rings is 1. The smallest absolute Gasteiger partial charge is 0.129 e. The monoisotopic (exact) mass is 256 g/mol. The molecule has 2 saturated heterocycles. The van der Waals surface area contributed by atoms with Crippen molar-refractivity contribution in [3.05, 3.63) is 35.9 Å². The quantitative estimate of drug-likeness (QED) is 0.885. The zero-order valence-corrected chi connectivity index (χ0v) is 10.7. The van der Waals surface area contributed by atoms with Gasteiger partial charge in [0.25, 0.3) is 0 Å². The van der Waals surface area contributed by atoms with Gasteiger partial charge in [0.1, 0.15) is 5.82 Å². The molecule has 1 aromatic carbocycles. The summed E-state index contributed by atoms with van der Waals surface area (Å²) in [4.78, 5) is 7.01. The molecule has 2 aromatic rings. The molecule has 3 heterocycles. The molecule has 0 atom stereocenters. The zero-order valence-electron chi connectivity index (χ0n) is 10.7. The lowest BCUT2D eigenvalue weighted by Gasteiger charge is -2.55. The van der Waals surface area contributed by atoms with Gasteiger partial charge in [-0.25, -0.2) is 4.98 Å². The van der Waals surface area contributed by atoms with Crippen molar-refractivity contribution in [3.8, 4) is 0 Å². The van der Waals surface area contributed by atoms with Crippen LogP contribution in [0.4, 0.5) is 5.82 Å². The second-order valence-electron chi connectivity index (χ2n) is 5.70. The molecular weight excluding hydrogens is 240 g/mol. The van der Waals surface area contributed by atoms with Gasteiger partial charge < -0.3 is 14.7 Å². The molecule has 4 heteroatoms. The van der Waals surface area contributed by atoms with Crippen LogP contribution < -0.4 is 4.90 Å². The lowest BCUT2D eigenvalue weighted by molar-refractivity contribution is -0.127. The van der Waals surface area contributed by atoms with Crippen molar-refractivity contribution in [2.75, 3.05) is 31.2 Å². The van der Waals surface area contributed by atoms with Gasteiger partial charge in [-0.2, -0.15) is 0 Å². The summed E-state index contributed by atoms with van der Waals surface area (Å²) >= 11 is 0. The molecule has 0 aliphatic carbocycles. The Balaban J connectivity index is 1.62. The highest BCUT2D eigenvalue weighted by Gasteiger charge is 2.49. The molecule has 4 rings (SSSR count). The lowest BCUT2D eigenvalue weighted by atomic mass is 9.78. The van der Waals surface area contributed by atoms with Crippen molar-refractivity contribution in [2.24, 2.45) is 5.41 Å². The Morgan fingerprint density at radius 2 is 2.05 bits per heavy atom. The van der Waals surface area contributed by atoms with Crippen LogP contribution in [0, 0.1) is 5.41 Å². The molecule has 2 aliphatic rings. The number of hydrogen-bond acceptors (Lipinski definition) is 4. The highest BCUT2D eigenvalue weighted by atomic mass is 16.5. The summed E-state index contributed by atoms with van der Waals surface area (Å²) in [7, 11) is 0. The Labute approximate surface area is 111 Å². The fraction of sp³-hybridized carbons (Fsp3) is 0.400. The predicted octanol–water partition coefficient (Wildman–Crippen LogP) is 1.56. The standard InChI is InChI=1S/C15H16N2O2/c18-6-11-1-3-13-12(5-11)2-4-14(16-13)17-7-15(8-17)9-19-10-15/h1-5,18H,6-10H2. The van der Waals surface area contributed by atoms with Crippen molar-refractivity contribution in [2.45, 2.75) is 6.61 Å². The van der Waals surface area contributed by atoms with E-state index < -0.39 is 0 Å². The first-order chi connectivity index (χ1) is 9.28. The van der Waals surface area contributed by atoms with Gasteiger partial charge >= 0.3 is 0 Å². The number of hydrogen-bond donors (Lipinski definition) is 1. The zero-order chi connectivity index (χ0) is 12.9. The highest BCUT2D eigenvalue weighted by molar-refractivity contribution is 5.81. The summed E-state index contributed by atoms with van der Waals surface area (Å²) < 4.78 is 5.29. The van der Waals surface area contributed by atoms with Crippen molar-refractivity contribution in [1.29, 1.82) is 0 Å². The van der Waals surface area contributed by atoms with E-state index in [1.807, 2.05) is 18.2 Å². The number of anilines is 1. The van der Waals surface area contributed by atoms with E-state index in [0.717, 1.165) is 48.6 Å². The van der Waals surface area contributed by atoms with Crippen LogP contribution in [0.15, 0.2) is 30.3 Å². The van der Waals surface area contributed by atoms with Crippen molar-refractivity contribution >= 4 is 16.7 Å². The van der Waals surface area contributed by atoms with Crippen molar-refractivity contribution in [1.82, 2.24) is 4.98 Å². The first-order valence-electron chi connectivity index (χ1n) is 6.61. The summed E-state index contributed by atoms with van der Waals surface area (Å²) in [5, 5.41) is 10.2. The number of rotatable bonds is 2. The molecule has 1 N–H and O–H groups in total. The number of fused-ring (bicyclic) bond motifs is 1. The third-order valence-electron chi connectivity index (χ3n) is 4.11. The maximum Gasteiger partial charge on any atom is 0.129 e. The Hall–Kier alpha value is -1.65. The second kappa shape index (κ2) is 3.92. The number of ether oxygens (including phenoxy) is 1. The molecule has 0 saturated carbocycles. The Morgan fingerprint density at radius 3 is 2.74 bits per heavy atom. The number of aliphatic hydroxyl groups is 1. The minimum Gasteiger partial charge on any atom is -0.392 e. The van der Waals surface area contributed by atoms with Crippen LogP contribution in [-0.4, -0.2) is 36.4 Å². The summed E-state index contributed by atoms with van der Waals surface area (Å²) in [6.45, 7) is 3.99. The summed E-state index contributed by atoms with van der Waals surface area (Å²) in [6, 6.07) is 10.0. The van der Waals surface area contributed by atoms with E-state index in [0.29, 0.717) is 5.41 Å². The van der Waals surface area contributed by atoms with E-state index in [1.54, 1.807) is 0 Å². The molecular formula is C15H16N2O2. The van der Waals surface area contributed by atoms with Gasteiger partial charge in [0.05, 0.1) is 30.8 Å². The minimum absolute atomic E-state index is 0.0757. The Morgan fingerprint density at radius 1 is 1.21 bits per heavy atom. The molecule has 98 valence electrons. The maximum atomic E-state index is 9.14. The number of nitrogens with zero attached hydrogens (tertiary/aromatic N) is 2. The third-order valence-corrected chi connectivity index (χ3v) is 4.11. The molecule has 1 aromatic heterocycles. The Kier molecular flexibility index (Phi) is 2.31. The van der Waals surface area contributed by atoms with E-state index in [9.17, 15) is 0 Å². The minimum atomic E-state index is 0.0757. The second-order valence-corrected chi connectivity index (χ2v) is 5.70. The van der Waals surface area contributed by atoms with Crippen LogP contribution in [0.25, 0.3) is 10.9 Å². The van der Waals surface area contributed by atoms with Crippen molar-refractivity contribution in [3.63, 3.8) is 0 Å². The van der Waals surface area contributed by atoms with E-state index in [2.05, 4.69) is 17.0 Å². The van der Waals surface area contributed by atoms with E-state index in [-0.39, 0.29) is 6.61 Å². The topological polar surface area (TPSA) is 45.6 Å². The van der Waals surface area contributed by atoms with Crippen LogP contribution >= 0.6 is 0 Å². The fourth-order valence-electron chi connectivity index (χ4n) is 2.94. The van der Waals surface area contributed by atoms with Gasteiger partial charge in [-0.05, 0) is 29.8 Å². The maximum absolute atomic E-state index is 9.14. The molecule has 0 unspecified atom stereocenters. The fourth-order valence-corrected chi connectivity index (χ4v) is 2.94. The van der Waals surface area contributed by atoms with E-state index >= 15 is 0 Å². The van der Waals surface area contributed by atoms with Crippen LogP contribution in [0.5, 0.6) is 0 Å². The van der Waals surface area contributed by atoms with Crippen LogP contribution in [0.2, 0.25) is 0 Å². The van der Waals surface area contributed by atoms with Gasteiger partial charge in [0.15, 0.2) is 0 Å². The summed E-state index contributed by atoms with van der Waals surface area (Å²) in [5.74, 6) is 1.04. The average Bonchev–Trinajstić information content (AvgIpc) is 2.34. The van der Waals surface area contributed by atoms with E-state index in [1.165, 1.54) is 0 Å². The number of aliphatic hydroxyl groups excluding tert-OH is 1. The molecule has 0 bridgehead atoms.